The molecule has 56 valence electrons. The minimum absolute atomic E-state index is 0.565. The standard InChI is InChI=1S/C4H10O5/c1-8-9-4(7)3(6)2-5/h3-7H,2H2,1H3. The van der Waals surface area contributed by atoms with Crippen LogP contribution in [0.2, 0.25) is 0 Å². The van der Waals surface area contributed by atoms with Gasteiger partial charge in [-0.05, 0) is 0 Å². The van der Waals surface area contributed by atoms with Crippen molar-refractivity contribution in [3.8, 4) is 0 Å². The highest BCUT2D eigenvalue weighted by Crippen LogP contribution is 1.93. The van der Waals surface area contributed by atoms with E-state index in [-0.39, 0.29) is 0 Å². The molecule has 0 amide bonds. The van der Waals surface area contributed by atoms with E-state index in [1.807, 2.05) is 0 Å². The molecule has 2 atom stereocenters. The van der Waals surface area contributed by atoms with Gasteiger partial charge >= 0.3 is 0 Å². The normalized spacial score (nSPS) is 17.3. The average molecular weight is 138 g/mol. The molecule has 0 spiro atoms. The van der Waals surface area contributed by atoms with Crippen LogP contribution in [0, 0.1) is 0 Å². The van der Waals surface area contributed by atoms with Gasteiger partial charge in [0.25, 0.3) is 0 Å². The molecule has 0 radical (unpaired) electrons. The third-order valence-electron chi connectivity index (χ3n) is 0.711. The summed E-state index contributed by atoms with van der Waals surface area (Å²) in [6, 6.07) is 0. The Labute approximate surface area is 52.4 Å². The van der Waals surface area contributed by atoms with E-state index in [0.29, 0.717) is 0 Å². The maximum absolute atomic E-state index is 8.56. The van der Waals surface area contributed by atoms with Crippen LogP contribution in [0.15, 0.2) is 0 Å². The van der Waals surface area contributed by atoms with Crippen LogP contribution < -0.4 is 0 Å². The quantitative estimate of drug-likeness (QED) is 0.243. The molecule has 0 aliphatic rings. The first-order valence-corrected chi connectivity index (χ1v) is 2.38. The Morgan fingerprint density at radius 3 is 2.33 bits per heavy atom. The van der Waals surface area contributed by atoms with Crippen molar-refractivity contribution in [1.82, 2.24) is 0 Å². The SMILES string of the molecule is COOC(O)C(O)CO. The van der Waals surface area contributed by atoms with Crippen LogP contribution in [0.5, 0.6) is 0 Å². The number of aliphatic hydroxyl groups is 3. The fourth-order valence-electron chi connectivity index (χ4n) is 0.253. The van der Waals surface area contributed by atoms with Gasteiger partial charge < -0.3 is 15.3 Å². The van der Waals surface area contributed by atoms with Crippen molar-refractivity contribution >= 4 is 0 Å². The average Bonchev–Trinajstić information content (AvgIpc) is 1.87. The van der Waals surface area contributed by atoms with E-state index in [1.54, 1.807) is 0 Å². The second-order valence-electron chi connectivity index (χ2n) is 1.40. The van der Waals surface area contributed by atoms with Crippen molar-refractivity contribution in [2.45, 2.75) is 12.4 Å². The molecule has 0 rings (SSSR count). The molecule has 9 heavy (non-hydrogen) atoms. The van der Waals surface area contributed by atoms with E-state index in [2.05, 4.69) is 9.78 Å². The lowest BCUT2D eigenvalue weighted by Gasteiger charge is -2.12. The molecule has 0 aromatic heterocycles. The molecular weight excluding hydrogens is 128 g/mol. The van der Waals surface area contributed by atoms with Gasteiger partial charge in [-0.2, -0.15) is 0 Å². The third-order valence-corrected chi connectivity index (χ3v) is 0.711. The molecule has 0 aliphatic carbocycles. The lowest BCUT2D eigenvalue weighted by Crippen LogP contribution is -2.31. The van der Waals surface area contributed by atoms with Crippen molar-refractivity contribution in [1.29, 1.82) is 0 Å². The molecule has 5 heteroatoms. The predicted molar refractivity (Wildman–Crippen MR) is 27.2 cm³/mol. The van der Waals surface area contributed by atoms with Crippen molar-refractivity contribution in [2.75, 3.05) is 13.7 Å². The smallest absolute Gasteiger partial charge is 0.217 e. The van der Waals surface area contributed by atoms with E-state index in [1.165, 1.54) is 7.11 Å². The first-order valence-electron chi connectivity index (χ1n) is 2.38. The van der Waals surface area contributed by atoms with Gasteiger partial charge in [-0.15, -0.1) is 0 Å². The first kappa shape index (κ1) is 8.80. The van der Waals surface area contributed by atoms with E-state index in [0.717, 1.165) is 0 Å². The molecule has 0 aromatic carbocycles. The number of rotatable bonds is 4. The van der Waals surface area contributed by atoms with E-state index < -0.39 is 19.0 Å². The van der Waals surface area contributed by atoms with E-state index in [9.17, 15) is 0 Å². The summed E-state index contributed by atoms with van der Waals surface area (Å²) in [5, 5.41) is 25.3. The number of aliphatic hydroxyl groups excluding tert-OH is 3. The highest BCUT2D eigenvalue weighted by molar-refractivity contribution is 4.52. The summed E-state index contributed by atoms with van der Waals surface area (Å²) >= 11 is 0. The van der Waals surface area contributed by atoms with Crippen LogP contribution in [-0.2, 0) is 9.78 Å². The van der Waals surface area contributed by atoms with Crippen LogP contribution in [0.25, 0.3) is 0 Å². The largest absolute Gasteiger partial charge is 0.393 e. The first-order chi connectivity index (χ1) is 4.22. The van der Waals surface area contributed by atoms with Gasteiger partial charge in [0, 0.05) is 0 Å². The van der Waals surface area contributed by atoms with Crippen LogP contribution in [0.1, 0.15) is 0 Å². The summed E-state index contributed by atoms with van der Waals surface area (Å²) < 4.78 is 0. The van der Waals surface area contributed by atoms with Gasteiger partial charge in [-0.25, -0.2) is 9.78 Å². The van der Waals surface area contributed by atoms with E-state index in [4.69, 9.17) is 15.3 Å². The summed E-state index contributed by atoms with van der Waals surface area (Å²) in [4.78, 5) is 8.05. The minimum Gasteiger partial charge on any atom is -0.393 e. The Morgan fingerprint density at radius 1 is 1.44 bits per heavy atom. The van der Waals surface area contributed by atoms with Gasteiger partial charge in [0.1, 0.15) is 6.10 Å². The molecule has 3 N–H and O–H groups in total. The fourth-order valence-corrected chi connectivity index (χ4v) is 0.253. The summed E-state index contributed by atoms with van der Waals surface area (Å²) in [5.41, 5.74) is 0. The lowest BCUT2D eigenvalue weighted by atomic mass is 10.4. The summed E-state index contributed by atoms with van der Waals surface area (Å²) in [6.07, 6.45) is -2.80. The second kappa shape index (κ2) is 4.66. The molecule has 5 nitrogen and oxygen atoms in total. The van der Waals surface area contributed by atoms with Crippen LogP contribution in [0.3, 0.4) is 0 Å². The highest BCUT2D eigenvalue weighted by Gasteiger charge is 2.15. The molecule has 0 aliphatic heterocycles. The van der Waals surface area contributed by atoms with Gasteiger partial charge in [0.15, 0.2) is 0 Å². The van der Waals surface area contributed by atoms with Crippen molar-refractivity contribution in [2.24, 2.45) is 0 Å². The summed E-state index contributed by atoms with van der Waals surface area (Å²) in [7, 11) is 1.19. The number of hydrogen-bond acceptors (Lipinski definition) is 5. The predicted octanol–water partition coefficient (Wildman–Crippen LogP) is -1.76. The molecular formula is C4H10O5. The molecule has 0 fully saturated rings. The van der Waals surface area contributed by atoms with Gasteiger partial charge in [0.05, 0.1) is 13.7 Å². The van der Waals surface area contributed by atoms with Crippen molar-refractivity contribution in [3.63, 3.8) is 0 Å². The van der Waals surface area contributed by atoms with Crippen molar-refractivity contribution < 1.29 is 25.1 Å². The monoisotopic (exact) mass is 138 g/mol. The fraction of sp³-hybridized carbons (Fsp3) is 1.00. The van der Waals surface area contributed by atoms with Gasteiger partial charge in [-0.1, -0.05) is 0 Å². The maximum Gasteiger partial charge on any atom is 0.217 e. The van der Waals surface area contributed by atoms with Gasteiger partial charge in [0.2, 0.25) is 6.29 Å². The summed E-state index contributed by atoms with van der Waals surface area (Å²) in [6.45, 7) is -0.565. The second-order valence-corrected chi connectivity index (χ2v) is 1.40. The highest BCUT2D eigenvalue weighted by atomic mass is 17.2. The molecule has 0 saturated carbocycles. The van der Waals surface area contributed by atoms with Crippen LogP contribution in [-0.4, -0.2) is 41.4 Å². The minimum atomic E-state index is -1.49. The Hall–Kier alpha value is -0.200. The molecule has 2 unspecified atom stereocenters. The van der Waals surface area contributed by atoms with Crippen LogP contribution >= 0.6 is 0 Å². The zero-order chi connectivity index (χ0) is 7.28. The summed E-state index contributed by atoms with van der Waals surface area (Å²) in [5.74, 6) is 0. The maximum atomic E-state index is 8.56. The topological polar surface area (TPSA) is 79.2 Å². The number of hydrogen-bond donors (Lipinski definition) is 3. The Balaban J connectivity index is 3.32. The zero-order valence-corrected chi connectivity index (χ0v) is 5.02. The third kappa shape index (κ3) is 3.39. The van der Waals surface area contributed by atoms with Crippen molar-refractivity contribution in [3.05, 3.63) is 0 Å². The molecule has 0 heterocycles. The van der Waals surface area contributed by atoms with Crippen LogP contribution in [0.4, 0.5) is 0 Å². The molecule has 0 saturated heterocycles. The lowest BCUT2D eigenvalue weighted by molar-refractivity contribution is -0.373. The Morgan fingerprint density at radius 2 is 2.00 bits per heavy atom. The Bertz CT molecular complexity index is 66.0. The molecule has 0 aromatic rings. The van der Waals surface area contributed by atoms with Gasteiger partial charge in [-0.3, -0.25) is 0 Å². The Kier molecular flexibility index (Phi) is 4.55. The van der Waals surface area contributed by atoms with E-state index >= 15 is 0 Å². The zero-order valence-electron chi connectivity index (χ0n) is 5.02. The molecule has 0 bridgehead atoms.